The van der Waals surface area contributed by atoms with Gasteiger partial charge in [-0.25, -0.2) is 9.59 Å². The zero-order valence-electron chi connectivity index (χ0n) is 26.5. The van der Waals surface area contributed by atoms with Crippen LogP contribution in [0.3, 0.4) is 0 Å². The van der Waals surface area contributed by atoms with Gasteiger partial charge in [-0.15, -0.1) is 0 Å². The van der Waals surface area contributed by atoms with Gasteiger partial charge in [0.05, 0.1) is 18.6 Å². The van der Waals surface area contributed by atoms with Gasteiger partial charge < -0.3 is 34.2 Å². The van der Waals surface area contributed by atoms with Gasteiger partial charge in [0.25, 0.3) is 0 Å². The molecule has 0 radical (unpaired) electrons. The minimum absolute atomic E-state index is 0.0143. The van der Waals surface area contributed by atoms with Crippen molar-refractivity contribution in [2.24, 2.45) is 23.0 Å². The van der Waals surface area contributed by atoms with Crippen molar-refractivity contribution in [1.29, 1.82) is 0 Å². The fraction of sp³-hybridized carbons (Fsp3) is 0.677. The van der Waals surface area contributed by atoms with Crippen molar-refractivity contribution in [2.75, 3.05) is 13.2 Å². The Labute approximate surface area is 249 Å². The number of ether oxygens (including phenoxy) is 6. The molecule has 2 N–H and O–H groups in total. The number of hydrogen-bond acceptors (Lipinski definition) is 11. The van der Waals surface area contributed by atoms with E-state index in [1.807, 2.05) is 34.6 Å². The molecular formula is C31H49NO10. The molecule has 0 bridgehead atoms. The van der Waals surface area contributed by atoms with Crippen LogP contribution in [0.2, 0.25) is 0 Å². The van der Waals surface area contributed by atoms with Gasteiger partial charge in [0.1, 0.15) is 18.2 Å². The maximum atomic E-state index is 12.7. The number of rotatable bonds is 16. The first-order chi connectivity index (χ1) is 19.5. The van der Waals surface area contributed by atoms with Crippen LogP contribution >= 0.6 is 0 Å². The summed E-state index contributed by atoms with van der Waals surface area (Å²) in [5.74, 6) is -0.596. The number of nitrogens with two attached hydrogens (primary N) is 1. The highest BCUT2D eigenvalue weighted by molar-refractivity contribution is 5.77. The second kappa shape index (κ2) is 17.6. The number of esters is 2. The SMILES string of the molecule is CCC(C)(C)C(=O)O[C@@H](C)[C@H](C)OC(=O)[C@@H](N)Cc1ccc(OC(=O)OCCC(C)C)c(OC(=O)OCCC(C)C)c1. The van der Waals surface area contributed by atoms with Crippen LogP contribution in [-0.4, -0.2) is 55.7 Å². The maximum Gasteiger partial charge on any atom is 0.513 e. The summed E-state index contributed by atoms with van der Waals surface area (Å²) in [7, 11) is 0. The summed E-state index contributed by atoms with van der Waals surface area (Å²) < 4.78 is 31.7. The molecule has 0 saturated heterocycles. The van der Waals surface area contributed by atoms with E-state index in [0.717, 1.165) is 0 Å². The fourth-order valence-electron chi connectivity index (χ4n) is 3.11. The first-order valence-electron chi connectivity index (χ1n) is 14.5. The molecule has 0 amide bonds. The van der Waals surface area contributed by atoms with Crippen molar-refractivity contribution < 1.29 is 47.6 Å². The molecule has 0 unspecified atom stereocenters. The predicted octanol–water partition coefficient (Wildman–Crippen LogP) is 5.98. The Morgan fingerprint density at radius 3 is 1.79 bits per heavy atom. The molecular weight excluding hydrogens is 546 g/mol. The highest BCUT2D eigenvalue weighted by atomic mass is 16.7. The molecule has 0 aliphatic carbocycles. The number of carbonyl (C=O) groups excluding carboxylic acids is 4. The number of carbonyl (C=O) groups is 4. The summed E-state index contributed by atoms with van der Waals surface area (Å²) in [4.78, 5) is 49.6. The minimum atomic E-state index is -1.08. The largest absolute Gasteiger partial charge is 0.513 e. The van der Waals surface area contributed by atoms with E-state index in [4.69, 9.17) is 34.2 Å². The average molecular weight is 596 g/mol. The lowest BCUT2D eigenvalue weighted by atomic mass is 9.90. The van der Waals surface area contributed by atoms with Crippen molar-refractivity contribution in [2.45, 2.75) is 106 Å². The van der Waals surface area contributed by atoms with E-state index in [-0.39, 0.29) is 37.1 Å². The minimum Gasteiger partial charge on any atom is -0.458 e. The zero-order valence-corrected chi connectivity index (χ0v) is 26.5. The highest BCUT2D eigenvalue weighted by Gasteiger charge is 2.31. The van der Waals surface area contributed by atoms with E-state index in [2.05, 4.69) is 0 Å². The summed E-state index contributed by atoms with van der Waals surface area (Å²) in [6.07, 6.45) is -1.43. The molecule has 3 atom stereocenters. The second-order valence-corrected chi connectivity index (χ2v) is 11.8. The van der Waals surface area contributed by atoms with Gasteiger partial charge in [0.15, 0.2) is 11.5 Å². The fourth-order valence-corrected chi connectivity index (χ4v) is 3.11. The molecule has 42 heavy (non-hydrogen) atoms. The third-order valence-electron chi connectivity index (χ3n) is 6.68. The molecule has 0 aliphatic heterocycles. The van der Waals surface area contributed by atoms with E-state index < -0.39 is 41.9 Å². The van der Waals surface area contributed by atoms with Crippen LogP contribution in [-0.2, 0) is 35.0 Å². The van der Waals surface area contributed by atoms with Gasteiger partial charge in [-0.2, -0.15) is 0 Å². The van der Waals surface area contributed by atoms with Gasteiger partial charge in [-0.05, 0) is 82.9 Å². The topological polar surface area (TPSA) is 150 Å². The number of benzene rings is 1. The van der Waals surface area contributed by atoms with Crippen molar-refractivity contribution in [3.8, 4) is 11.5 Å². The molecule has 1 aromatic rings. The molecule has 0 aromatic heterocycles. The maximum absolute atomic E-state index is 12.7. The molecule has 0 heterocycles. The summed E-state index contributed by atoms with van der Waals surface area (Å²) in [5, 5.41) is 0. The average Bonchev–Trinajstić information content (AvgIpc) is 2.89. The van der Waals surface area contributed by atoms with Crippen LogP contribution < -0.4 is 15.2 Å². The van der Waals surface area contributed by atoms with Gasteiger partial charge in [-0.3, -0.25) is 9.59 Å². The third kappa shape index (κ3) is 13.5. The van der Waals surface area contributed by atoms with Crippen molar-refractivity contribution in [1.82, 2.24) is 0 Å². The van der Waals surface area contributed by atoms with Crippen LogP contribution in [0.15, 0.2) is 18.2 Å². The van der Waals surface area contributed by atoms with Crippen LogP contribution in [0.1, 0.15) is 87.1 Å². The van der Waals surface area contributed by atoms with Gasteiger partial charge in [-0.1, -0.05) is 40.7 Å². The van der Waals surface area contributed by atoms with E-state index in [1.165, 1.54) is 12.1 Å². The molecule has 1 aromatic carbocycles. The Balaban J connectivity index is 2.94. The Morgan fingerprint density at radius 2 is 1.29 bits per heavy atom. The van der Waals surface area contributed by atoms with E-state index in [9.17, 15) is 19.2 Å². The van der Waals surface area contributed by atoms with Gasteiger partial charge in [0, 0.05) is 0 Å². The molecule has 0 saturated carbocycles. The van der Waals surface area contributed by atoms with Gasteiger partial charge >= 0.3 is 24.2 Å². The normalized spacial score (nSPS) is 13.6. The van der Waals surface area contributed by atoms with Crippen molar-refractivity contribution >= 4 is 24.2 Å². The summed E-state index contributed by atoms with van der Waals surface area (Å²) >= 11 is 0. The summed E-state index contributed by atoms with van der Waals surface area (Å²) in [6, 6.07) is 3.32. The molecule has 11 nitrogen and oxygen atoms in total. The highest BCUT2D eigenvalue weighted by Crippen LogP contribution is 2.30. The Bertz CT molecular complexity index is 1040. The Hall–Kier alpha value is -3.34. The first-order valence-corrected chi connectivity index (χ1v) is 14.5. The monoisotopic (exact) mass is 595 g/mol. The van der Waals surface area contributed by atoms with Crippen LogP contribution in [0.4, 0.5) is 9.59 Å². The predicted molar refractivity (Wildman–Crippen MR) is 156 cm³/mol. The van der Waals surface area contributed by atoms with Gasteiger partial charge in [0.2, 0.25) is 0 Å². The van der Waals surface area contributed by atoms with Crippen LogP contribution in [0.25, 0.3) is 0 Å². The standard InChI is InChI=1S/C31H49NO10/c1-10-31(8,9)28(34)40-22(7)21(6)39-27(33)24(32)17-23-11-12-25(41-29(35)37-15-13-19(2)3)26(18-23)42-30(36)38-16-14-20(4)5/h11-12,18-22,24H,10,13-17,32H2,1-9H3/t21-,22-,24-/m0/s1. The lowest BCUT2D eigenvalue weighted by Crippen LogP contribution is -2.40. The molecule has 11 heteroatoms. The van der Waals surface area contributed by atoms with E-state index in [0.29, 0.717) is 36.7 Å². The van der Waals surface area contributed by atoms with Crippen LogP contribution in [0, 0.1) is 17.3 Å². The third-order valence-corrected chi connectivity index (χ3v) is 6.68. The van der Waals surface area contributed by atoms with Crippen molar-refractivity contribution in [3.63, 3.8) is 0 Å². The Kier molecular flexibility index (Phi) is 15.4. The molecule has 0 spiro atoms. The summed E-state index contributed by atoms with van der Waals surface area (Å²) in [6.45, 7) is 17.0. The second-order valence-electron chi connectivity index (χ2n) is 11.8. The van der Waals surface area contributed by atoms with Crippen molar-refractivity contribution in [3.05, 3.63) is 23.8 Å². The molecule has 0 fully saturated rings. The first kappa shape index (κ1) is 36.7. The van der Waals surface area contributed by atoms with E-state index >= 15 is 0 Å². The smallest absolute Gasteiger partial charge is 0.458 e. The lowest BCUT2D eigenvalue weighted by Gasteiger charge is -2.27. The molecule has 0 aliphatic rings. The zero-order chi connectivity index (χ0) is 32.0. The Morgan fingerprint density at radius 1 is 0.786 bits per heavy atom. The van der Waals surface area contributed by atoms with Crippen LogP contribution in [0.5, 0.6) is 11.5 Å². The summed E-state index contributed by atoms with van der Waals surface area (Å²) in [5.41, 5.74) is 5.96. The molecule has 238 valence electrons. The quantitative estimate of drug-likeness (QED) is 0.137. The van der Waals surface area contributed by atoms with E-state index in [1.54, 1.807) is 33.8 Å². The lowest BCUT2D eigenvalue weighted by molar-refractivity contribution is -0.172. The molecule has 1 rings (SSSR count). The number of hydrogen-bond donors (Lipinski definition) is 1.